The zero-order valence-corrected chi connectivity index (χ0v) is 14.2. The van der Waals surface area contributed by atoms with E-state index in [4.69, 9.17) is 4.42 Å². The first-order valence-electron chi connectivity index (χ1n) is 8.32. The van der Waals surface area contributed by atoms with Crippen LogP contribution in [0, 0.1) is 0 Å². The summed E-state index contributed by atoms with van der Waals surface area (Å²) in [5.41, 5.74) is 0. The molecule has 0 fully saturated rings. The van der Waals surface area contributed by atoms with Crippen LogP contribution >= 0.6 is 0 Å². The van der Waals surface area contributed by atoms with Gasteiger partial charge in [0.2, 0.25) is 0 Å². The summed E-state index contributed by atoms with van der Waals surface area (Å²) in [6, 6.07) is 2.03. The van der Waals surface area contributed by atoms with Crippen molar-refractivity contribution in [1.82, 2.24) is 14.5 Å². The zero-order chi connectivity index (χ0) is 18.1. The number of carboxylic acids is 1. The summed E-state index contributed by atoms with van der Waals surface area (Å²) in [6.45, 7) is 2.17. The summed E-state index contributed by atoms with van der Waals surface area (Å²) < 4.78 is 6.56. The number of carbonyl (C=O) groups excluding carboxylic acids is 1. The lowest BCUT2D eigenvalue weighted by molar-refractivity contribution is -0.142. The van der Waals surface area contributed by atoms with Crippen LogP contribution in [0.25, 0.3) is 0 Å². The Kier molecular flexibility index (Phi) is 7.00. The number of aromatic nitrogens is 2. The molecule has 7 heteroatoms. The van der Waals surface area contributed by atoms with Gasteiger partial charge in [0.25, 0.3) is 0 Å². The molecule has 1 atom stereocenters. The van der Waals surface area contributed by atoms with Gasteiger partial charge in [0.15, 0.2) is 0 Å². The van der Waals surface area contributed by atoms with Crippen molar-refractivity contribution in [3.8, 4) is 0 Å². The summed E-state index contributed by atoms with van der Waals surface area (Å²) in [5.74, 6) is -0.509. The number of furan rings is 1. The van der Waals surface area contributed by atoms with Crippen LogP contribution in [0.2, 0.25) is 0 Å². The molecule has 1 amide bonds. The van der Waals surface area contributed by atoms with Crippen LogP contribution in [0.4, 0.5) is 4.79 Å². The second-order valence-electron chi connectivity index (χ2n) is 5.65. The molecule has 2 aromatic heterocycles. The Morgan fingerprint density at radius 1 is 1.40 bits per heavy atom. The molecular weight excluding hydrogens is 322 g/mol. The number of carboxylic acid groups (broad SMARTS) is 1. The molecule has 0 aliphatic rings. The summed E-state index contributed by atoms with van der Waals surface area (Å²) in [6.07, 6.45) is 12.8. The molecule has 25 heavy (non-hydrogen) atoms. The maximum Gasteiger partial charge on any atom is 0.330 e. The highest BCUT2D eigenvalue weighted by Crippen LogP contribution is 2.16. The van der Waals surface area contributed by atoms with Crippen molar-refractivity contribution in [2.45, 2.75) is 45.2 Å². The molecule has 0 saturated heterocycles. The molecule has 0 aliphatic carbocycles. The number of aliphatic carboxylic acids is 1. The SMILES string of the molecule is CCCC=CCCC(C(=O)O)N(Cc1ccco1)C(=O)n1ccnc1. The second-order valence-corrected chi connectivity index (χ2v) is 5.65. The molecule has 0 radical (unpaired) electrons. The van der Waals surface area contributed by atoms with Crippen molar-refractivity contribution in [2.75, 3.05) is 0 Å². The van der Waals surface area contributed by atoms with Gasteiger partial charge in [-0.2, -0.15) is 0 Å². The van der Waals surface area contributed by atoms with Gasteiger partial charge in [-0.15, -0.1) is 0 Å². The number of allylic oxidation sites excluding steroid dienone is 2. The lowest BCUT2D eigenvalue weighted by Gasteiger charge is -2.28. The molecule has 1 unspecified atom stereocenters. The molecule has 0 spiro atoms. The van der Waals surface area contributed by atoms with Crippen molar-refractivity contribution >= 4 is 12.0 Å². The monoisotopic (exact) mass is 345 g/mol. The van der Waals surface area contributed by atoms with E-state index in [9.17, 15) is 14.7 Å². The van der Waals surface area contributed by atoms with Crippen LogP contribution in [0.3, 0.4) is 0 Å². The van der Waals surface area contributed by atoms with Crippen LogP contribution in [0.1, 0.15) is 38.4 Å². The smallest absolute Gasteiger partial charge is 0.330 e. The van der Waals surface area contributed by atoms with E-state index in [-0.39, 0.29) is 6.54 Å². The Morgan fingerprint density at radius 2 is 2.20 bits per heavy atom. The third kappa shape index (κ3) is 5.34. The van der Waals surface area contributed by atoms with E-state index < -0.39 is 18.0 Å². The quantitative estimate of drug-likeness (QED) is 0.702. The highest BCUT2D eigenvalue weighted by molar-refractivity contribution is 5.83. The van der Waals surface area contributed by atoms with Crippen molar-refractivity contribution in [1.29, 1.82) is 0 Å². The molecule has 2 rings (SSSR count). The number of amides is 1. The molecule has 0 aromatic carbocycles. The number of hydrogen-bond acceptors (Lipinski definition) is 4. The van der Waals surface area contributed by atoms with Crippen molar-refractivity contribution in [3.63, 3.8) is 0 Å². The fourth-order valence-corrected chi connectivity index (χ4v) is 2.47. The van der Waals surface area contributed by atoms with E-state index >= 15 is 0 Å². The highest BCUT2D eigenvalue weighted by Gasteiger charge is 2.30. The Balaban J connectivity index is 2.17. The molecular formula is C18H23N3O4. The summed E-state index contributed by atoms with van der Waals surface area (Å²) in [5, 5.41) is 9.65. The first-order valence-corrected chi connectivity index (χ1v) is 8.32. The predicted octanol–water partition coefficient (Wildman–Crippen LogP) is 3.54. The number of imidazole rings is 1. The third-order valence-electron chi connectivity index (χ3n) is 3.77. The Bertz CT molecular complexity index is 677. The number of carbonyl (C=O) groups is 2. The van der Waals surface area contributed by atoms with E-state index in [1.165, 1.54) is 34.5 Å². The summed E-state index contributed by atoms with van der Waals surface area (Å²) in [4.78, 5) is 29.7. The first kappa shape index (κ1) is 18.5. The Hall–Kier alpha value is -2.83. The average molecular weight is 345 g/mol. The maximum atomic E-state index is 12.7. The van der Waals surface area contributed by atoms with Gasteiger partial charge in [0.1, 0.15) is 18.1 Å². The fraction of sp³-hybridized carbons (Fsp3) is 0.389. The normalized spacial score (nSPS) is 12.4. The Morgan fingerprint density at radius 3 is 2.80 bits per heavy atom. The highest BCUT2D eigenvalue weighted by atomic mass is 16.4. The molecule has 0 saturated carbocycles. The van der Waals surface area contributed by atoms with Crippen LogP contribution in [0.5, 0.6) is 0 Å². The van der Waals surface area contributed by atoms with Gasteiger partial charge in [-0.3, -0.25) is 4.57 Å². The van der Waals surface area contributed by atoms with Crippen molar-refractivity contribution in [3.05, 3.63) is 55.0 Å². The lowest BCUT2D eigenvalue weighted by atomic mass is 10.1. The van der Waals surface area contributed by atoms with Crippen LogP contribution in [-0.2, 0) is 11.3 Å². The van der Waals surface area contributed by atoms with E-state index in [1.54, 1.807) is 12.1 Å². The van der Waals surface area contributed by atoms with Gasteiger partial charge < -0.3 is 14.4 Å². The van der Waals surface area contributed by atoms with E-state index in [0.29, 0.717) is 18.6 Å². The third-order valence-corrected chi connectivity index (χ3v) is 3.77. The molecule has 2 aromatic rings. The number of rotatable bonds is 9. The van der Waals surface area contributed by atoms with Gasteiger partial charge >= 0.3 is 12.0 Å². The minimum absolute atomic E-state index is 0.0830. The van der Waals surface area contributed by atoms with Gasteiger partial charge in [0, 0.05) is 12.4 Å². The molecule has 134 valence electrons. The van der Waals surface area contributed by atoms with Crippen molar-refractivity contribution in [2.24, 2.45) is 0 Å². The topological polar surface area (TPSA) is 88.6 Å². The number of nitrogens with zero attached hydrogens (tertiary/aromatic N) is 3. The Labute approximate surface area is 146 Å². The predicted molar refractivity (Wildman–Crippen MR) is 92.0 cm³/mol. The standard InChI is InChI=1S/C18H23N3O4/c1-2-3-4-5-6-9-16(17(22)23)21(13-15-8-7-12-25-15)18(24)20-11-10-19-14-20/h4-5,7-8,10-12,14,16H,2-3,6,9,13H2,1H3,(H,22,23). The van der Waals surface area contributed by atoms with Gasteiger partial charge in [-0.1, -0.05) is 25.5 Å². The van der Waals surface area contributed by atoms with E-state index in [2.05, 4.69) is 11.9 Å². The summed E-state index contributed by atoms with van der Waals surface area (Å²) >= 11 is 0. The largest absolute Gasteiger partial charge is 0.480 e. The van der Waals surface area contributed by atoms with Gasteiger partial charge in [-0.25, -0.2) is 14.6 Å². The van der Waals surface area contributed by atoms with E-state index in [1.807, 2.05) is 12.2 Å². The van der Waals surface area contributed by atoms with Gasteiger partial charge in [0.05, 0.1) is 12.8 Å². The molecule has 0 aliphatic heterocycles. The minimum Gasteiger partial charge on any atom is -0.480 e. The molecule has 2 heterocycles. The van der Waals surface area contributed by atoms with Crippen molar-refractivity contribution < 1.29 is 19.1 Å². The minimum atomic E-state index is -1.04. The summed E-state index contributed by atoms with van der Waals surface area (Å²) in [7, 11) is 0. The number of unbranched alkanes of at least 4 members (excludes halogenated alkanes) is 1. The van der Waals surface area contributed by atoms with Crippen LogP contribution < -0.4 is 0 Å². The molecule has 7 nitrogen and oxygen atoms in total. The molecule has 1 N–H and O–H groups in total. The average Bonchev–Trinajstić information content (AvgIpc) is 3.29. The fourth-order valence-electron chi connectivity index (χ4n) is 2.47. The van der Waals surface area contributed by atoms with E-state index in [0.717, 1.165) is 12.8 Å². The maximum absolute atomic E-state index is 12.7. The van der Waals surface area contributed by atoms with Gasteiger partial charge in [-0.05, 0) is 31.4 Å². The van der Waals surface area contributed by atoms with Crippen LogP contribution in [0.15, 0.2) is 53.7 Å². The lowest BCUT2D eigenvalue weighted by Crippen LogP contribution is -2.46. The molecule has 0 bridgehead atoms. The zero-order valence-electron chi connectivity index (χ0n) is 14.2. The number of hydrogen-bond donors (Lipinski definition) is 1. The second kappa shape index (κ2) is 9.46. The first-order chi connectivity index (χ1) is 12.1. The van der Waals surface area contributed by atoms with Crippen LogP contribution in [-0.4, -0.2) is 37.6 Å².